The topological polar surface area (TPSA) is 81.6 Å². The highest BCUT2D eigenvalue weighted by Crippen LogP contribution is 2.25. The zero-order chi connectivity index (χ0) is 23.5. The Morgan fingerprint density at radius 3 is 2.42 bits per heavy atom. The maximum atomic E-state index is 13.3. The summed E-state index contributed by atoms with van der Waals surface area (Å²) in [5.74, 6) is 1.17. The number of nitrogens with zero attached hydrogens (tertiary/aromatic N) is 4. The number of likely N-dealkylation sites (tertiary alicyclic amines) is 2. The molecule has 1 amide bonds. The summed E-state index contributed by atoms with van der Waals surface area (Å²) in [6.45, 7) is 7.52. The first-order chi connectivity index (χ1) is 15.8. The third-order valence-electron chi connectivity index (χ3n) is 6.67. The molecule has 0 atom stereocenters. The van der Waals surface area contributed by atoms with Gasteiger partial charge in [0.15, 0.2) is 0 Å². The van der Waals surface area contributed by atoms with Crippen molar-refractivity contribution in [3.8, 4) is 0 Å². The van der Waals surface area contributed by atoms with E-state index in [2.05, 4.69) is 20.2 Å². The van der Waals surface area contributed by atoms with Crippen molar-refractivity contribution in [1.82, 2.24) is 19.8 Å². The lowest BCUT2D eigenvalue weighted by Gasteiger charge is -2.41. The van der Waals surface area contributed by atoms with Gasteiger partial charge in [-0.15, -0.1) is 0 Å². The fraction of sp³-hybridized carbons (Fsp3) is 0.542. The van der Waals surface area contributed by atoms with Crippen LogP contribution in [0.1, 0.15) is 53.1 Å². The Morgan fingerprint density at radius 1 is 1.06 bits per heavy atom. The Hall–Kier alpha value is -1.93. The molecule has 1 aromatic carbocycles. The zero-order valence-electron chi connectivity index (χ0n) is 19.2. The van der Waals surface area contributed by atoms with E-state index in [1.165, 1.54) is 0 Å². The summed E-state index contributed by atoms with van der Waals surface area (Å²) in [6, 6.07) is 5.98. The molecule has 0 saturated carbocycles. The molecule has 7 nitrogen and oxygen atoms in total. The number of rotatable bonds is 5. The molecule has 0 spiro atoms. The van der Waals surface area contributed by atoms with Gasteiger partial charge in [-0.05, 0) is 57.2 Å². The number of carbonyl (C=O) groups is 1. The molecular formula is C24H31Cl2N5O2. The predicted octanol–water partition coefficient (Wildman–Crippen LogP) is 4.07. The van der Waals surface area contributed by atoms with Crippen LogP contribution in [0.5, 0.6) is 0 Å². The molecule has 1 aromatic heterocycles. The van der Waals surface area contributed by atoms with Crippen molar-refractivity contribution in [1.29, 1.82) is 0 Å². The summed E-state index contributed by atoms with van der Waals surface area (Å²) < 4.78 is 0. The van der Waals surface area contributed by atoms with Crippen molar-refractivity contribution < 1.29 is 9.90 Å². The second-order valence-electron chi connectivity index (χ2n) is 8.99. The van der Waals surface area contributed by atoms with Gasteiger partial charge < -0.3 is 20.2 Å². The van der Waals surface area contributed by atoms with Gasteiger partial charge in [0.1, 0.15) is 17.3 Å². The fourth-order valence-corrected chi connectivity index (χ4v) is 5.00. The number of hydrogen-bond acceptors (Lipinski definition) is 6. The molecular weight excluding hydrogens is 461 g/mol. The van der Waals surface area contributed by atoms with Crippen molar-refractivity contribution >= 4 is 34.9 Å². The standard InChI is InChI=1S/C24H31Cl2N5O2/c1-15-22(24(33)31-9-5-18(6-10-31)30-11-7-19(32)8-12-30)28-16(2)29-23(15)27-14-17-3-4-20(25)21(26)13-17/h3-4,13,18-19,32H,5-12,14H2,1-2H3,(H,27,28,29). The molecule has 0 aliphatic carbocycles. The summed E-state index contributed by atoms with van der Waals surface area (Å²) in [7, 11) is 0. The van der Waals surface area contributed by atoms with Crippen LogP contribution in [0.4, 0.5) is 5.82 Å². The zero-order valence-corrected chi connectivity index (χ0v) is 20.7. The summed E-state index contributed by atoms with van der Waals surface area (Å²) in [5.41, 5.74) is 2.18. The third-order valence-corrected chi connectivity index (χ3v) is 7.41. The average molecular weight is 492 g/mol. The molecule has 178 valence electrons. The van der Waals surface area contributed by atoms with E-state index < -0.39 is 0 Å². The first-order valence-corrected chi connectivity index (χ1v) is 12.3. The Bertz CT molecular complexity index is 1000. The first kappa shape index (κ1) is 24.2. The minimum Gasteiger partial charge on any atom is -0.393 e. The quantitative estimate of drug-likeness (QED) is 0.655. The van der Waals surface area contributed by atoms with E-state index in [1.54, 1.807) is 13.0 Å². The van der Waals surface area contributed by atoms with E-state index >= 15 is 0 Å². The van der Waals surface area contributed by atoms with Gasteiger partial charge in [0, 0.05) is 44.3 Å². The Labute approximate surface area is 205 Å². The number of anilines is 1. The van der Waals surface area contributed by atoms with Crippen molar-refractivity contribution in [3.05, 3.63) is 50.9 Å². The second-order valence-corrected chi connectivity index (χ2v) is 9.80. The summed E-state index contributed by atoms with van der Waals surface area (Å²) in [4.78, 5) is 26.7. The molecule has 2 N–H and O–H groups in total. The Morgan fingerprint density at radius 2 is 1.76 bits per heavy atom. The monoisotopic (exact) mass is 491 g/mol. The lowest BCUT2D eigenvalue weighted by atomic mass is 9.98. The maximum Gasteiger partial charge on any atom is 0.272 e. The molecule has 3 heterocycles. The number of carbonyl (C=O) groups excluding carboxylic acids is 1. The summed E-state index contributed by atoms with van der Waals surface area (Å²) in [5, 5.41) is 14.1. The second kappa shape index (κ2) is 10.6. The summed E-state index contributed by atoms with van der Waals surface area (Å²) in [6.07, 6.45) is 3.43. The largest absolute Gasteiger partial charge is 0.393 e. The lowest BCUT2D eigenvalue weighted by molar-refractivity contribution is 0.0355. The van der Waals surface area contributed by atoms with Crippen molar-refractivity contribution in [2.45, 2.75) is 58.2 Å². The molecule has 2 aliphatic rings. The van der Waals surface area contributed by atoms with Gasteiger partial charge in [0.25, 0.3) is 5.91 Å². The number of aliphatic hydroxyl groups excluding tert-OH is 1. The molecule has 2 saturated heterocycles. The number of piperidine rings is 2. The van der Waals surface area contributed by atoms with Gasteiger partial charge in [0.2, 0.25) is 0 Å². The van der Waals surface area contributed by atoms with Crippen LogP contribution in [0.25, 0.3) is 0 Å². The fourth-order valence-electron chi connectivity index (χ4n) is 4.68. The first-order valence-electron chi connectivity index (χ1n) is 11.6. The van der Waals surface area contributed by atoms with Gasteiger partial charge in [-0.25, -0.2) is 9.97 Å². The number of aromatic nitrogens is 2. The molecule has 0 radical (unpaired) electrons. The van der Waals surface area contributed by atoms with E-state index in [0.29, 0.717) is 40.0 Å². The van der Waals surface area contributed by atoms with Crippen LogP contribution in [0.3, 0.4) is 0 Å². The molecule has 4 rings (SSSR count). The minimum atomic E-state index is -0.161. The number of amides is 1. The number of hydrogen-bond donors (Lipinski definition) is 2. The SMILES string of the molecule is Cc1nc(NCc2ccc(Cl)c(Cl)c2)c(C)c(C(=O)N2CCC(N3CCC(O)CC3)CC2)n1. The van der Waals surface area contributed by atoms with Crippen LogP contribution in [0.15, 0.2) is 18.2 Å². The minimum absolute atomic E-state index is 0.0388. The van der Waals surface area contributed by atoms with Crippen LogP contribution in [0.2, 0.25) is 10.0 Å². The van der Waals surface area contributed by atoms with E-state index in [-0.39, 0.29) is 12.0 Å². The van der Waals surface area contributed by atoms with Gasteiger partial charge >= 0.3 is 0 Å². The van der Waals surface area contributed by atoms with Gasteiger partial charge in [0.05, 0.1) is 16.1 Å². The molecule has 2 aromatic rings. The van der Waals surface area contributed by atoms with Crippen molar-refractivity contribution in [2.75, 3.05) is 31.5 Å². The number of benzene rings is 1. The van der Waals surface area contributed by atoms with Crippen LogP contribution in [-0.2, 0) is 6.54 Å². The van der Waals surface area contributed by atoms with Gasteiger partial charge in [-0.2, -0.15) is 0 Å². The van der Waals surface area contributed by atoms with Crippen LogP contribution >= 0.6 is 23.2 Å². The molecule has 0 unspecified atom stereocenters. The number of halogens is 2. The van der Waals surface area contributed by atoms with Crippen LogP contribution in [-0.4, -0.2) is 69.1 Å². The smallest absolute Gasteiger partial charge is 0.272 e. The van der Waals surface area contributed by atoms with Gasteiger partial charge in [-0.3, -0.25) is 4.79 Å². The van der Waals surface area contributed by atoms with E-state index in [1.807, 2.05) is 24.0 Å². The van der Waals surface area contributed by atoms with E-state index in [4.69, 9.17) is 23.2 Å². The summed E-state index contributed by atoms with van der Waals surface area (Å²) >= 11 is 12.1. The van der Waals surface area contributed by atoms with Crippen LogP contribution < -0.4 is 5.32 Å². The lowest BCUT2D eigenvalue weighted by Crippen LogP contribution is -2.49. The highest BCUT2D eigenvalue weighted by atomic mass is 35.5. The molecule has 0 bridgehead atoms. The normalized spacial score (nSPS) is 18.5. The average Bonchev–Trinajstić information content (AvgIpc) is 2.81. The van der Waals surface area contributed by atoms with E-state index in [0.717, 1.165) is 63.0 Å². The van der Waals surface area contributed by atoms with Crippen LogP contribution in [0, 0.1) is 13.8 Å². The highest BCUT2D eigenvalue weighted by Gasteiger charge is 2.30. The van der Waals surface area contributed by atoms with Gasteiger partial charge in [-0.1, -0.05) is 29.3 Å². The number of nitrogens with one attached hydrogen (secondary N) is 1. The maximum absolute atomic E-state index is 13.3. The Kier molecular flexibility index (Phi) is 7.74. The molecule has 2 aliphatic heterocycles. The molecule has 33 heavy (non-hydrogen) atoms. The third kappa shape index (κ3) is 5.77. The number of aliphatic hydroxyl groups is 1. The number of aryl methyl sites for hydroxylation is 1. The van der Waals surface area contributed by atoms with Crippen molar-refractivity contribution in [2.24, 2.45) is 0 Å². The van der Waals surface area contributed by atoms with E-state index in [9.17, 15) is 9.90 Å². The molecule has 9 heteroatoms. The highest BCUT2D eigenvalue weighted by molar-refractivity contribution is 6.42. The molecule has 2 fully saturated rings. The predicted molar refractivity (Wildman–Crippen MR) is 131 cm³/mol. The Balaban J connectivity index is 1.40. The van der Waals surface area contributed by atoms with Crippen molar-refractivity contribution in [3.63, 3.8) is 0 Å².